The molecule has 0 bridgehead atoms. The summed E-state index contributed by atoms with van der Waals surface area (Å²) in [4.78, 5) is 11.3. The second-order valence-electron chi connectivity index (χ2n) is 4.68. The Labute approximate surface area is 139 Å². The number of carbonyl (C=O) groups excluding carboxylic acids is 1. The number of hydrogen-bond acceptors (Lipinski definition) is 2. The minimum atomic E-state index is -4.37. The summed E-state index contributed by atoms with van der Waals surface area (Å²) in [5.41, 5.74) is 0.322. The van der Waals surface area contributed by atoms with E-state index in [2.05, 4.69) is 0 Å². The highest BCUT2D eigenvalue weighted by Gasteiger charge is 2.30. The molecule has 0 aliphatic heterocycles. The first-order valence-electron chi connectivity index (χ1n) is 6.37. The van der Waals surface area contributed by atoms with Crippen molar-refractivity contribution in [2.75, 3.05) is 0 Å². The molecular formula is C16H12F3IO2. The van der Waals surface area contributed by atoms with E-state index in [-0.39, 0.29) is 12.4 Å². The normalized spacial score (nSPS) is 11.3. The van der Waals surface area contributed by atoms with Gasteiger partial charge in [-0.2, -0.15) is 13.2 Å². The van der Waals surface area contributed by atoms with Gasteiger partial charge in [0.1, 0.15) is 12.4 Å². The summed E-state index contributed by atoms with van der Waals surface area (Å²) in [6.07, 6.45) is -4.37. The average molecular weight is 420 g/mol. The molecule has 22 heavy (non-hydrogen) atoms. The Bertz CT molecular complexity index is 696. The van der Waals surface area contributed by atoms with Crippen LogP contribution in [-0.2, 0) is 12.8 Å². The topological polar surface area (TPSA) is 26.3 Å². The van der Waals surface area contributed by atoms with E-state index in [1.807, 2.05) is 22.6 Å². The molecule has 0 aromatic heterocycles. The molecule has 2 aromatic rings. The Morgan fingerprint density at radius 3 is 2.50 bits per heavy atom. The maximum absolute atomic E-state index is 12.6. The van der Waals surface area contributed by atoms with E-state index >= 15 is 0 Å². The Hall–Kier alpha value is -1.57. The van der Waals surface area contributed by atoms with Gasteiger partial charge in [0.25, 0.3) is 0 Å². The molecule has 0 spiro atoms. The van der Waals surface area contributed by atoms with Gasteiger partial charge in [0.2, 0.25) is 0 Å². The van der Waals surface area contributed by atoms with Crippen molar-refractivity contribution in [1.82, 2.24) is 0 Å². The second kappa shape index (κ2) is 6.68. The predicted molar refractivity (Wildman–Crippen MR) is 84.9 cm³/mol. The molecule has 0 aliphatic rings. The van der Waals surface area contributed by atoms with E-state index in [1.54, 1.807) is 24.3 Å². The van der Waals surface area contributed by atoms with Crippen molar-refractivity contribution < 1.29 is 22.7 Å². The van der Waals surface area contributed by atoms with E-state index in [1.165, 1.54) is 13.0 Å². The van der Waals surface area contributed by atoms with Gasteiger partial charge in [-0.1, -0.05) is 12.1 Å². The maximum Gasteiger partial charge on any atom is 0.416 e. The predicted octanol–water partition coefficient (Wildman–Crippen LogP) is 5.09. The van der Waals surface area contributed by atoms with Crippen molar-refractivity contribution in [3.8, 4) is 5.75 Å². The molecular weight excluding hydrogens is 408 g/mol. The van der Waals surface area contributed by atoms with Crippen molar-refractivity contribution in [3.63, 3.8) is 0 Å². The largest absolute Gasteiger partial charge is 0.489 e. The Balaban J connectivity index is 2.10. The summed E-state index contributed by atoms with van der Waals surface area (Å²) in [6, 6.07) is 9.97. The maximum atomic E-state index is 12.6. The summed E-state index contributed by atoms with van der Waals surface area (Å²) >= 11 is 2.02. The van der Waals surface area contributed by atoms with Crippen LogP contribution in [0.5, 0.6) is 5.75 Å². The van der Waals surface area contributed by atoms with Crippen LogP contribution in [0.2, 0.25) is 0 Å². The highest BCUT2D eigenvalue weighted by molar-refractivity contribution is 14.1. The lowest BCUT2D eigenvalue weighted by atomic mass is 10.1. The molecule has 6 heteroatoms. The fourth-order valence-electron chi connectivity index (χ4n) is 1.88. The molecule has 116 valence electrons. The van der Waals surface area contributed by atoms with Gasteiger partial charge in [-0.3, -0.25) is 4.79 Å². The van der Waals surface area contributed by atoms with Crippen LogP contribution >= 0.6 is 22.6 Å². The van der Waals surface area contributed by atoms with Crippen molar-refractivity contribution in [2.45, 2.75) is 19.7 Å². The van der Waals surface area contributed by atoms with Crippen LogP contribution in [0.4, 0.5) is 13.2 Å². The standard InChI is InChI=1S/C16H12F3IO2/c1-10(21)14-6-5-13(8-15(14)20)22-9-11-3-2-4-12(7-11)16(17,18)19/h2-8H,9H2,1H3. The summed E-state index contributed by atoms with van der Waals surface area (Å²) in [7, 11) is 0. The molecule has 0 saturated heterocycles. The Morgan fingerprint density at radius 1 is 1.18 bits per heavy atom. The third-order valence-corrected chi connectivity index (χ3v) is 3.87. The molecule has 0 amide bonds. The minimum Gasteiger partial charge on any atom is -0.489 e. The molecule has 0 unspecified atom stereocenters. The number of benzene rings is 2. The number of halogens is 4. The molecule has 0 atom stereocenters. The third-order valence-electron chi connectivity index (χ3n) is 2.98. The Morgan fingerprint density at radius 2 is 1.91 bits per heavy atom. The third kappa shape index (κ3) is 4.22. The van der Waals surface area contributed by atoms with Crippen LogP contribution in [0.15, 0.2) is 42.5 Å². The number of ketones is 1. The molecule has 0 heterocycles. The number of Topliss-reactive ketones (excluding diaryl/α,β-unsaturated/α-hetero) is 1. The summed E-state index contributed by atoms with van der Waals surface area (Å²) in [5, 5.41) is 0. The summed E-state index contributed by atoms with van der Waals surface area (Å²) < 4.78 is 44.1. The number of rotatable bonds is 4. The smallest absolute Gasteiger partial charge is 0.416 e. The SMILES string of the molecule is CC(=O)c1ccc(OCc2cccc(C(F)(F)F)c2)cc1I. The van der Waals surface area contributed by atoms with Gasteiger partial charge < -0.3 is 4.74 Å². The molecule has 2 nitrogen and oxygen atoms in total. The number of carbonyl (C=O) groups is 1. The van der Waals surface area contributed by atoms with Crippen LogP contribution in [0.1, 0.15) is 28.4 Å². The Kier molecular flexibility index (Phi) is 5.10. The van der Waals surface area contributed by atoms with E-state index in [0.717, 1.165) is 15.7 Å². The number of hydrogen-bond donors (Lipinski definition) is 0. The van der Waals surface area contributed by atoms with Gasteiger partial charge in [0.05, 0.1) is 5.56 Å². The van der Waals surface area contributed by atoms with Crippen LogP contribution in [0, 0.1) is 3.57 Å². The number of alkyl halides is 3. The first-order valence-corrected chi connectivity index (χ1v) is 7.44. The van der Waals surface area contributed by atoms with Crippen molar-refractivity contribution in [3.05, 3.63) is 62.7 Å². The molecule has 0 saturated carbocycles. The summed E-state index contributed by atoms with van der Waals surface area (Å²) in [6.45, 7) is 1.50. The zero-order valence-corrected chi connectivity index (χ0v) is 13.7. The second-order valence-corrected chi connectivity index (χ2v) is 5.85. The van der Waals surface area contributed by atoms with Crippen LogP contribution in [0.3, 0.4) is 0 Å². The van der Waals surface area contributed by atoms with E-state index in [9.17, 15) is 18.0 Å². The zero-order valence-electron chi connectivity index (χ0n) is 11.6. The quantitative estimate of drug-likeness (QED) is 0.509. The van der Waals surface area contributed by atoms with E-state index in [4.69, 9.17) is 4.74 Å². The molecule has 0 aliphatic carbocycles. The monoisotopic (exact) mass is 420 g/mol. The number of ether oxygens (including phenoxy) is 1. The molecule has 2 rings (SSSR count). The zero-order chi connectivity index (χ0) is 16.3. The first-order chi connectivity index (χ1) is 10.3. The summed E-state index contributed by atoms with van der Waals surface area (Å²) in [5.74, 6) is 0.459. The van der Waals surface area contributed by atoms with Crippen LogP contribution in [0.25, 0.3) is 0 Å². The van der Waals surface area contributed by atoms with Gasteiger partial charge in [0, 0.05) is 9.13 Å². The van der Waals surface area contributed by atoms with Gasteiger partial charge in [0.15, 0.2) is 5.78 Å². The van der Waals surface area contributed by atoms with Gasteiger partial charge >= 0.3 is 6.18 Å². The molecule has 0 fully saturated rings. The average Bonchev–Trinajstić information content (AvgIpc) is 2.44. The molecule has 0 N–H and O–H groups in total. The lowest BCUT2D eigenvalue weighted by Gasteiger charge is -2.11. The molecule has 2 aromatic carbocycles. The van der Waals surface area contributed by atoms with Gasteiger partial charge in [-0.15, -0.1) is 0 Å². The molecule has 0 radical (unpaired) electrons. The first kappa shape index (κ1) is 16.8. The van der Waals surface area contributed by atoms with E-state index in [0.29, 0.717) is 16.9 Å². The lowest BCUT2D eigenvalue weighted by Crippen LogP contribution is -2.06. The van der Waals surface area contributed by atoms with Gasteiger partial charge in [-0.25, -0.2) is 0 Å². The fraction of sp³-hybridized carbons (Fsp3) is 0.188. The minimum absolute atomic E-state index is 0.0272. The van der Waals surface area contributed by atoms with Crippen molar-refractivity contribution >= 4 is 28.4 Å². The van der Waals surface area contributed by atoms with Crippen molar-refractivity contribution in [1.29, 1.82) is 0 Å². The highest BCUT2D eigenvalue weighted by atomic mass is 127. The lowest BCUT2D eigenvalue weighted by molar-refractivity contribution is -0.137. The van der Waals surface area contributed by atoms with E-state index < -0.39 is 11.7 Å². The highest BCUT2D eigenvalue weighted by Crippen LogP contribution is 2.30. The fourth-order valence-corrected chi connectivity index (χ4v) is 2.74. The van der Waals surface area contributed by atoms with Crippen LogP contribution < -0.4 is 4.74 Å². The van der Waals surface area contributed by atoms with Gasteiger partial charge in [-0.05, 0) is 65.4 Å². The van der Waals surface area contributed by atoms with Crippen LogP contribution in [-0.4, -0.2) is 5.78 Å². The van der Waals surface area contributed by atoms with Crippen molar-refractivity contribution in [2.24, 2.45) is 0 Å².